The lowest BCUT2D eigenvalue weighted by Gasteiger charge is -2.08. The Kier molecular flexibility index (Phi) is 5.37. The zero-order valence-corrected chi connectivity index (χ0v) is 17.1. The van der Waals surface area contributed by atoms with Gasteiger partial charge in [0.2, 0.25) is 11.6 Å². The zero-order valence-electron chi connectivity index (χ0n) is 16.3. The number of fused-ring (bicyclic) bond motifs is 1. The van der Waals surface area contributed by atoms with Crippen molar-refractivity contribution in [3.63, 3.8) is 0 Å². The second-order valence-electron chi connectivity index (χ2n) is 6.84. The number of aryl methyl sites for hydroxylation is 2. The summed E-state index contributed by atoms with van der Waals surface area (Å²) in [6.45, 7) is 3.94. The van der Waals surface area contributed by atoms with Crippen molar-refractivity contribution in [2.24, 2.45) is 0 Å². The van der Waals surface area contributed by atoms with Gasteiger partial charge in [0.25, 0.3) is 0 Å². The molecule has 0 saturated heterocycles. The summed E-state index contributed by atoms with van der Waals surface area (Å²) in [6.07, 6.45) is 3.14. The molecular weight excluding hydrogens is 405 g/mol. The normalized spacial score (nSPS) is 11.0. The summed E-state index contributed by atoms with van der Waals surface area (Å²) in [5.41, 5.74) is 2.93. The molecule has 2 aromatic carbocycles. The van der Waals surface area contributed by atoms with E-state index in [1.54, 1.807) is 12.3 Å². The number of aromatic nitrogens is 4. The Bertz CT molecular complexity index is 1290. The molecule has 4 rings (SSSR count). The number of rotatable bonds is 5. The number of anilines is 1. The highest BCUT2D eigenvalue weighted by molar-refractivity contribution is 7.99. The molecule has 0 bridgehead atoms. The maximum absolute atomic E-state index is 13.5. The van der Waals surface area contributed by atoms with Crippen LogP contribution in [0.4, 0.5) is 10.1 Å². The van der Waals surface area contributed by atoms with Crippen LogP contribution >= 0.6 is 11.8 Å². The van der Waals surface area contributed by atoms with E-state index < -0.39 is 11.4 Å². The fraction of sp³-hybridized carbons (Fsp3) is 0.143. The maximum atomic E-state index is 13.5. The van der Waals surface area contributed by atoms with Crippen molar-refractivity contribution < 1.29 is 9.18 Å². The van der Waals surface area contributed by atoms with Gasteiger partial charge in [0, 0.05) is 18.1 Å². The molecule has 0 radical (unpaired) electrons. The number of nitrogens with zero attached hydrogens (tertiary/aromatic N) is 4. The van der Waals surface area contributed by atoms with Crippen molar-refractivity contribution in [2.75, 3.05) is 11.1 Å². The van der Waals surface area contributed by atoms with Crippen LogP contribution in [0.3, 0.4) is 0 Å². The van der Waals surface area contributed by atoms with Gasteiger partial charge in [0.05, 0.1) is 11.4 Å². The summed E-state index contributed by atoms with van der Waals surface area (Å²) < 4.78 is 16.3. The Balaban J connectivity index is 1.52. The minimum Gasteiger partial charge on any atom is -0.325 e. The number of benzene rings is 2. The van der Waals surface area contributed by atoms with Crippen molar-refractivity contribution in [3.8, 4) is 5.69 Å². The Hall–Kier alpha value is -3.46. The van der Waals surface area contributed by atoms with Gasteiger partial charge < -0.3 is 5.32 Å². The van der Waals surface area contributed by atoms with Crippen molar-refractivity contribution in [1.82, 2.24) is 19.2 Å². The van der Waals surface area contributed by atoms with Crippen LogP contribution < -0.4 is 10.9 Å². The quantitative estimate of drug-likeness (QED) is 0.498. The second kappa shape index (κ2) is 8.11. The summed E-state index contributed by atoms with van der Waals surface area (Å²) in [5, 5.41) is 11.3. The number of hydrogen-bond donors (Lipinski definition) is 1. The molecule has 0 aliphatic rings. The lowest BCUT2D eigenvalue weighted by Crippen LogP contribution is -2.20. The third-order valence-electron chi connectivity index (χ3n) is 4.36. The zero-order chi connectivity index (χ0) is 21.3. The van der Waals surface area contributed by atoms with Gasteiger partial charge >= 0.3 is 5.56 Å². The maximum Gasteiger partial charge on any atom is 0.300 e. The van der Waals surface area contributed by atoms with E-state index in [-0.39, 0.29) is 17.3 Å². The van der Waals surface area contributed by atoms with Crippen LogP contribution in [0.2, 0.25) is 0 Å². The van der Waals surface area contributed by atoms with E-state index in [9.17, 15) is 14.0 Å². The van der Waals surface area contributed by atoms with Crippen LogP contribution in [0.1, 0.15) is 11.1 Å². The highest BCUT2D eigenvalue weighted by Crippen LogP contribution is 2.18. The standard InChI is InChI=1S/C21H18FN5O2S/c1-13-8-14(2)10-16(9-13)23-18(28)12-30-21-25-24-19-20(29)26(6-7-27(19)21)17-5-3-4-15(22)11-17/h3-11H,12H2,1-2H3,(H,23,28). The van der Waals surface area contributed by atoms with Gasteiger partial charge in [-0.05, 0) is 55.3 Å². The first kappa shape index (κ1) is 19.8. The molecule has 4 aromatic rings. The van der Waals surface area contributed by atoms with Crippen molar-refractivity contribution in [3.05, 3.63) is 82.2 Å². The molecule has 9 heteroatoms. The molecule has 2 heterocycles. The first-order chi connectivity index (χ1) is 14.4. The van der Waals surface area contributed by atoms with Gasteiger partial charge in [0.1, 0.15) is 5.82 Å². The van der Waals surface area contributed by atoms with E-state index in [0.29, 0.717) is 10.8 Å². The molecule has 152 valence electrons. The third kappa shape index (κ3) is 4.11. The lowest BCUT2D eigenvalue weighted by atomic mass is 10.1. The SMILES string of the molecule is Cc1cc(C)cc(NC(=O)CSc2nnc3c(=O)n(-c4cccc(F)c4)ccn23)c1. The molecule has 1 N–H and O–H groups in total. The molecule has 0 saturated carbocycles. The molecule has 30 heavy (non-hydrogen) atoms. The molecule has 2 aromatic heterocycles. The molecule has 0 unspecified atom stereocenters. The highest BCUT2D eigenvalue weighted by atomic mass is 32.2. The summed E-state index contributed by atoms with van der Waals surface area (Å²) in [4.78, 5) is 25.0. The predicted molar refractivity (Wildman–Crippen MR) is 114 cm³/mol. The number of nitrogens with one attached hydrogen (secondary N) is 1. The molecular formula is C21H18FN5O2S. The van der Waals surface area contributed by atoms with Crippen LogP contribution in [0.5, 0.6) is 0 Å². The van der Waals surface area contributed by atoms with Crippen molar-refractivity contribution in [1.29, 1.82) is 0 Å². The van der Waals surface area contributed by atoms with Crippen LogP contribution in [-0.4, -0.2) is 30.8 Å². The summed E-state index contributed by atoms with van der Waals surface area (Å²) in [7, 11) is 0. The first-order valence-electron chi connectivity index (χ1n) is 9.14. The Labute approximate surface area is 175 Å². The molecule has 0 atom stereocenters. The average molecular weight is 423 g/mol. The van der Waals surface area contributed by atoms with Crippen LogP contribution in [0, 0.1) is 19.7 Å². The van der Waals surface area contributed by atoms with E-state index in [0.717, 1.165) is 16.8 Å². The molecule has 0 fully saturated rings. The Morgan fingerprint density at radius 2 is 1.87 bits per heavy atom. The molecule has 1 amide bonds. The van der Waals surface area contributed by atoms with Gasteiger partial charge in [-0.1, -0.05) is 23.9 Å². The van der Waals surface area contributed by atoms with Gasteiger partial charge in [-0.2, -0.15) is 0 Å². The van der Waals surface area contributed by atoms with Crippen LogP contribution in [0.25, 0.3) is 11.3 Å². The second-order valence-corrected chi connectivity index (χ2v) is 7.79. The number of thioether (sulfide) groups is 1. The monoisotopic (exact) mass is 423 g/mol. The Morgan fingerprint density at radius 3 is 2.60 bits per heavy atom. The van der Waals surface area contributed by atoms with E-state index in [1.807, 2.05) is 32.0 Å². The fourth-order valence-electron chi connectivity index (χ4n) is 3.17. The smallest absolute Gasteiger partial charge is 0.300 e. The van der Waals surface area contributed by atoms with Gasteiger partial charge in [-0.3, -0.25) is 18.6 Å². The van der Waals surface area contributed by atoms with Crippen LogP contribution in [-0.2, 0) is 4.79 Å². The summed E-state index contributed by atoms with van der Waals surface area (Å²) in [5.74, 6) is -0.512. The molecule has 0 aliphatic heterocycles. The van der Waals surface area contributed by atoms with Crippen LogP contribution in [0.15, 0.2) is 64.8 Å². The van der Waals surface area contributed by atoms with Crippen molar-refractivity contribution >= 4 is 29.0 Å². The Morgan fingerprint density at radius 1 is 1.10 bits per heavy atom. The number of halogens is 1. The molecule has 0 aliphatic carbocycles. The lowest BCUT2D eigenvalue weighted by molar-refractivity contribution is -0.113. The summed E-state index contributed by atoms with van der Waals surface area (Å²) in [6, 6.07) is 11.6. The minimum absolute atomic E-state index is 0.0963. The number of amides is 1. The van der Waals surface area contributed by atoms with E-state index >= 15 is 0 Å². The van der Waals surface area contributed by atoms with E-state index in [4.69, 9.17) is 0 Å². The number of hydrogen-bond acceptors (Lipinski definition) is 5. The molecule has 7 nitrogen and oxygen atoms in total. The molecule has 0 spiro atoms. The highest BCUT2D eigenvalue weighted by Gasteiger charge is 2.14. The topological polar surface area (TPSA) is 81.3 Å². The first-order valence-corrected chi connectivity index (χ1v) is 10.1. The fourth-order valence-corrected chi connectivity index (χ4v) is 3.89. The predicted octanol–water partition coefficient (Wildman–Crippen LogP) is 3.37. The average Bonchev–Trinajstić information content (AvgIpc) is 3.10. The number of carbonyl (C=O) groups excluding carboxylic acids is 1. The van der Waals surface area contributed by atoms with Crippen molar-refractivity contribution in [2.45, 2.75) is 19.0 Å². The van der Waals surface area contributed by atoms with Gasteiger partial charge in [0.15, 0.2) is 5.16 Å². The third-order valence-corrected chi connectivity index (χ3v) is 5.31. The van der Waals surface area contributed by atoms with E-state index in [1.165, 1.54) is 45.1 Å². The number of carbonyl (C=O) groups is 1. The van der Waals surface area contributed by atoms with E-state index in [2.05, 4.69) is 15.5 Å². The minimum atomic E-state index is -0.438. The van der Waals surface area contributed by atoms with Gasteiger partial charge in [-0.15, -0.1) is 10.2 Å². The largest absolute Gasteiger partial charge is 0.325 e. The summed E-state index contributed by atoms with van der Waals surface area (Å²) >= 11 is 1.17. The van der Waals surface area contributed by atoms with Gasteiger partial charge in [-0.25, -0.2) is 4.39 Å².